The van der Waals surface area contributed by atoms with Gasteiger partial charge in [-0.05, 0) is 43.9 Å². The first kappa shape index (κ1) is 26.9. The molecule has 0 atom stereocenters. The van der Waals surface area contributed by atoms with Crippen molar-refractivity contribution in [1.29, 1.82) is 0 Å². The van der Waals surface area contributed by atoms with E-state index in [1.807, 2.05) is 12.1 Å². The van der Waals surface area contributed by atoms with Gasteiger partial charge in [-0.25, -0.2) is 0 Å². The van der Waals surface area contributed by atoms with E-state index in [1.165, 1.54) is 5.56 Å². The number of nitrogens with one attached hydrogen (secondary N) is 2. The Kier molecular flexibility index (Phi) is 18.5. The Morgan fingerprint density at radius 3 is 2.43 bits per heavy atom. The molecule has 0 heterocycles. The first-order valence-corrected chi connectivity index (χ1v) is 10.1. The van der Waals surface area contributed by atoms with Crippen LogP contribution in [0, 0.1) is 0 Å². The van der Waals surface area contributed by atoms with Crippen molar-refractivity contribution in [1.82, 2.24) is 10.6 Å². The van der Waals surface area contributed by atoms with Crippen molar-refractivity contribution >= 4 is 29.9 Å². The van der Waals surface area contributed by atoms with Crippen LogP contribution in [-0.4, -0.2) is 59.1 Å². The molecule has 0 spiro atoms. The van der Waals surface area contributed by atoms with Crippen molar-refractivity contribution < 1.29 is 14.2 Å². The summed E-state index contributed by atoms with van der Waals surface area (Å²) in [6, 6.07) is 8.36. The number of guanidine groups is 1. The third kappa shape index (κ3) is 14.0. The van der Waals surface area contributed by atoms with Gasteiger partial charge in [-0.2, -0.15) is 0 Å². The molecule has 1 aromatic carbocycles. The van der Waals surface area contributed by atoms with Gasteiger partial charge in [-0.1, -0.05) is 25.5 Å². The molecular weight excluding hydrogens is 469 g/mol. The third-order valence-electron chi connectivity index (χ3n) is 3.89. The fourth-order valence-electron chi connectivity index (χ4n) is 2.36. The molecule has 0 amide bonds. The van der Waals surface area contributed by atoms with Gasteiger partial charge in [-0.3, -0.25) is 4.99 Å². The maximum atomic E-state index is 5.70. The highest BCUT2D eigenvalue weighted by Gasteiger charge is 1.99. The summed E-state index contributed by atoms with van der Waals surface area (Å²) >= 11 is 0. The smallest absolute Gasteiger partial charge is 0.191 e. The summed E-state index contributed by atoms with van der Waals surface area (Å²) in [6.07, 6.45) is 4.09. The van der Waals surface area contributed by atoms with Crippen LogP contribution in [0.1, 0.15) is 38.7 Å². The summed E-state index contributed by atoms with van der Waals surface area (Å²) < 4.78 is 16.1. The molecule has 0 fully saturated rings. The number of nitrogens with zero attached hydrogens (tertiary/aromatic N) is 1. The van der Waals surface area contributed by atoms with E-state index in [4.69, 9.17) is 14.2 Å². The molecule has 0 saturated heterocycles. The second kappa shape index (κ2) is 19.3. The minimum Gasteiger partial charge on any atom is -0.494 e. The molecule has 1 rings (SSSR count). The second-order valence-corrected chi connectivity index (χ2v) is 6.24. The average molecular weight is 507 g/mol. The lowest BCUT2D eigenvalue weighted by atomic mass is 10.1. The Morgan fingerprint density at radius 2 is 1.75 bits per heavy atom. The van der Waals surface area contributed by atoms with Crippen LogP contribution < -0.4 is 15.4 Å². The number of unbranched alkanes of at least 4 members (excludes halogenated alkanes) is 1. The molecule has 0 unspecified atom stereocenters. The molecule has 0 aliphatic heterocycles. The van der Waals surface area contributed by atoms with Crippen molar-refractivity contribution in [3.8, 4) is 5.75 Å². The minimum atomic E-state index is 0. The Bertz CT molecular complexity index is 498. The molecule has 0 radical (unpaired) electrons. The van der Waals surface area contributed by atoms with Gasteiger partial charge in [0.15, 0.2) is 5.96 Å². The number of benzene rings is 1. The van der Waals surface area contributed by atoms with Gasteiger partial charge in [-0.15, -0.1) is 24.0 Å². The third-order valence-corrected chi connectivity index (χ3v) is 3.89. The van der Waals surface area contributed by atoms with Crippen LogP contribution in [0.2, 0.25) is 0 Å². The molecule has 0 aromatic heterocycles. The van der Waals surface area contributed by atoms with E-state index in [0.29, 0.717) is 19.8 Å². The normalized spacial score (nSPS) is 11.0. The number of rotatable bonds is 15. The summed E-state index contributed by atoms with van der Waals surface area (Å²) in [6.45, 7) is 9.44. The lowest BCUT2D eigenvalue weighted by Gasteiger charge is -2.12. The van der Waals surface area contributed by atoms with Crippen molar-refractivity contribution in [2.75, 3.05) is 53.2 Å². The lowest BCUT2D eigenvalue weighted by Crippen LogP contribution is -2.38. The molecule has 28 heavy (non-hydrogen) atoms. The average Bonchev–Trinajstić information content (AvgIpc) is 2.68. The van der Waals surface area contributed by atoms with Crippen molar-refractivity contribution in [3.63, 3.8) is 0 Å². The number of hydrogen-bond acceptors (Lipinski definition) is 4. The highest BCUT2D eigenvalue weighted by Crippen LogP contribution is 2.12. The zero-order valence-electron chi connectivity index (χ0n) is 17.7. The highest BCUT2D eigenvalue weighted by atomic mass is 127. The van der Waals surface area contributed by atoms with Crippen LogP contribution in [0.4, 0.5) is 0 Å². The van der Waals surface area contributed by atoms with E-state index in [-0.39, 0.29) is 24.0 Å². The Morgan fingerprint density at radius 1 is 0.964 bits per heavy atom. The predicted octanol–water partition coefficient (Wildman–Crippen LogP) is 3.63. The zero-order valence-corrected chi connectivity index (χ0v) is 20.0. The van der Waals surface area contributed by atoms with Crippen molar-refractivity contribution in [3.05, 3.63) is 29.8 Å². The second-order valence-electron chi connectivity index (χ2n) is 6.24. The molecule has 162 valence electrons. The van der Waals surface area contributed by atoms with E-state index in [2.05, 4.69) is 41.6 Å². The first-order valence-electron chi connectivity index (χ1n) is 10.1. The van der Waals surface area contributed by atoms with E-state index >= 15 is 0 Å². The van der Waals surface area contributed by atoms with Gasteiger partial charge in [0.05, 0.1) is 19.8 Å². The summed E-state index contributed by atoms with van der Waals surface area (Å²) in [5.41, 5.74) is 1.28. The number of ether oxygens (including phenoxy) is 3. The Hall–Kier alpha value is -1.06. The van der Waals surface area contributed by atoms with Gasteiger partial charge < -0.3 is 24.8 Å². The summed E-state index contributed by atoms with van der Waals surface area (Å²) in [4.78, 5) is 4.58. The Balaban J connectivity index is 0.00000729. The number of hydrogen-bond donors (Lipinski definition) is 2. The molecular formula is C21H38IN3O3. The van der Waals surface area contributed by atoms with Gasteiger partial charge in [0.2, 0.25) is 0 Å². The Labute approximate surface area is 187 Å². The predicted molar refractivity (Wildman–Crippen MR) is 127 cm³/mol. The van der Waals surface area contributed by atoms with E-state index in [0.717, 1.165) is 63.6 Å². The fraction of sp³-hybridized carbons (Fsp3) is 0.667. The van der Waals surface area contributed by atoms with Gasteiger partial charge in [0.25, 0.3) is 0 Å². The topological polar surface area (TPSA) is 64.1 Å². The van der Waals surface area contributed by atoms with Crippen molar-refractivity contribution in [2.45, 2.75) is 39.5 Å². The van der Waals surface area contributed by atoms with Crippen molar-refractivity contribution in [2.24, 2.45) is 4.99 Å². The molecule has 6 nitrogen and oxygen atoms in total. The first-order chi connectivity index (χ1) is 13.3. The van der Waals surface area contributed by atoms with Crippen LogP contribution >= 0.6 is 24.0 Å². The number of aliphatic imine (C=N–C) groups is 1. The SMILES string of the molecule is CCCCOc1ccc(CCNC(=NCCCOCCOC)NCC)cc1.I. The molecule has 0 aliphatic rings. The molecule has 0 bridgehead atoms. The standard InChI is InChI=1S/C21H37N3O3.HI/c1-4-6-16-27-20-10-8-19(9-11-20)12-14-24-21(22-5-2)23-13-7-15-26-18-17-25-3;/h8-11H,4-7,12-18H2,1-3H3,(H2,22,23,24);1H. The van der Waals surface area contributed by atoms with Gasteiger partial charge in [0.1, 0.15) is 5.75 Å². The van der Waals surface area contributed by atoms with Crippen LogP contribution in [0.25, 0.3) is 0 Å². The maximum absolute atomic E-state index is 5.70. The fourth-order valence-corrected chi connectivity index (χ4v) is 2.36. The van der Waals surface area contributed by atoms with Crippen LogP contribution in [0.5, 0.6) is 5.75 Å². The number of halogens is 1. The maximum Gasteiger partial charge on any atom is 0.191 e. The summed E-state index contributed by atoms with van der Waals surface area (Å²) in [7, 11) is 1.68. The summed E-state index contributed by atoms with van der Waals surface area (Å²) in [5, 5.41) is 6.66. The molecule has 1 aromatic rings. The zero-order chi connectivity index (χ0) is 19.6. The van der Waals surface area contributed by atoms with Crippen LogP contribution in [-0.2, 0) is 15.9 Å². The quantitative estimate of drug-likeness (QED) is 0.164. The van der Waals surface area contributed by atoms with Crippen LogP contribution in [0.15, 0.2) is 29.3 Å². The lowest BCUT2D eigenvalue weighted by molar-refractivity contribution is 0.0702. The molecule has 2 N–H and O–H groups in total. The van der Waals surface area contributed by atoms with E-state index < -0.39 is 0 Å². The molecule has 0 saturated carbocycles. The number of methoxy groups -OCH3 is 1. The van der Waals surface area contributed by atoms with E-state index in [9.17, 15) is 0 Å². The molecule has 0 aliphatic carbocycles. The highest BCUT2D eigenvalue weighted by molar-refractivity contribution is 14.0. The van der Waals surface area contributed by atoms with E-state index in [1.54, 1.807) is 7.11 Å². The van der Waals surface area contributed by atoms with Gasteiger partial charge >= 0.3 is 0 Å². The molecule has 7 heteroatoms. The summed E-state index contributed by atoms with van der Waals surface area (Å²) in [5.74, 6) is 1.80. The van der Waals surface area contributed by atoms with Crippen LogP contribution in [0.3, 0.4) is 0 Å². The largest absolute Gasteiger partial charge is 0.494 e. The monoisotopic (exact) mass is 507 g/mol. The minimum absolute atomic E-state index is 0. The van der Waals surface area contributed by atoms with Gasteiger partial charge in [0, 0.05) is 33.4 Å².